The van der Waals surface area contributed by atoms with E-state index >= 15 is 0 Å². The predicted octanol–water partition coefficient (Wildman–Crippen LogP) is 5.70. The summed E-state index contributed by atoms with van der Waals surface area (Å²) in [6.07, 6.45) is 5.77. The van der Waals surface area contributed by atoms with E-state index in [2.05, 4.69) is 44.9 Å². The number of benzene rings is 2. The molecule has 37 heavy (non-hydrogen) atoms. The molecule has 2 saturated carbocycles. The Labute approximate surface area is 229 Å². The number of anilines is 1. The SMILES string of the molecule is CN1CCN(CCCN(c2nc3cc(Cl)c(Cl)cc3[nH]2)[C@@H]2CC[C@]3(c4cccc(C#N)c4)C[C@@H]3C2)CC1. The van der Waals surface area contributed by atoms with Crippen LogP contribution in [0.3, 0.4) is 0 Å². The van der Waals surface area contributed by atoms with Gasteiger partial charge < -0.3 is 19.7 Å². The van der Waals surface area contributed by atoms with E-state index in [4.69, 9.17) is 28.2 Å². The Balaban J connectivity index is 1.20. The summed E-state index contributed by atoms with van der Waals surface area (Å²) in [4.78, 5) is 16.0. The van der Waals surface area contributed by atoms with Gasteiger partial charge in [-0.3, -0.25) is 0 Å². The summed E-state index contributed by atoms with van der Waals surface area (Å²) in [6, 6.07) is 14.8. The van der Waals surface area contributed by atoms with Crippen LogP contribution in [0.5, 0.6) is 0 Å². The first-order valence-corrected chi connectivity index (χ1v) is 14.2. The number of hydrogen-bond acceptors (Lipinski definition) is 5. The number of aromatic nitrogens is 2. The number of H-pyrrole nitrogens is 1. The van der Waals surface area contributed by atoms with Crippen LogP contribution in [0.15, 0.2) is 36.4 Å². The summed E-state index contributed by atoms with van der Waals surface area (Å²) in [5, 5.41) is 10.5. The molecule has 0 radical (unpaired) electrons. The molecule has 1 N–H and O–H groups in total. The number of rotatable bonds is 7. The molecule has 1 aromatic heterocycles. The lowest BCUT2D eigenvalue weighted by Gasteiger charge is -2.38. The number of likely N-dealkylation sites (N-methyl/N-ethyl adjacent to an activating group) is 1. The molecular weight excluding hydrogens is 503 g/mol. The fourth-order valence-corrected chi connectivity index (χ4v) is 6.99. The summed E-state index contributed by atoms with van der Waals surface area (Å²) < 4.78 is 0. The maximum absolute atomic E-state index is 9.39. The van der Waals surface area contributed by atoms with Gasteiger partial charge in [0.25, 0.3) is 0 Å². The lowest BCUT2D eigenvalue weighted by Crippen LogP contribution is -2.46. The third-order valence-electron chi connectivity index (χ3n) is 8.97. The highest BCUT2D eigenvalue weighted by atomic mass is 35.5. The van der Waals surface area contributed by atoms with E-state index in [-0.39, 0.29) is 5.41 Å². The van der Waals surface area contributed by atoms with Crippen molar-refractivity contribution in [2.45, 2.75) is 43.6 Å². The number of piperazine rings is 1. The van der Waals surface area contributed by atoms with Gasteiger partial charge in [-0.15, -0.1) is 0 Å². The van der Waals surface area contributed by atoms with Gasteiger partial charge in [0.15, 0.2) is 0 Å². The van der Waals surface area contributed by atoms with Gasteiger partial charge in [-0.2, -0.15) is 5.26 Å². The molecule has 2 aliphatic carbocycles. The summed E-state index contributed by atoms with van der Waals surface area (Å²) in [6.45, 7) is 6.68. The first-order valence-electron chi connectivity index (χ1n) is 13.5. The second-order valence-electron chi connectivity index (χ2n) is 11.2. The van der Waals surface area contributed by atoms with E-state index in [0.29, 0.717) is 22.0 Å². The molecule has 0 unspecified atom stereocenters. The average molecular weight is 538 g/mol. The summed E-state index contributed by atoms with van der Waals surface area (Å²) in [5.41, 5.74) is 4.16. The largest absolute Gasteiger partial charge is 0.339 e. The number of nitrogens with zero attached hydrogens (tertiary/aromatic N) is 5. The first-order chi connectivity index (χ1) is 17.9. The highest BCUT2D eigenvalue weighted by Crippen LogP contribution is 2.63. The second kappa shape index (κ2) is 10.1. The van der Waals surface area contributed by atoms with Gasteiger partial charge in [0.05, 0.1) is 32.7 Å². The number of aromatic amines is 1. The van der Waals surface area contributed by atoms with Crippen molar-refractivity contribution in [3.05, 3.63) is 57.6 Å². The van der Waals surface area contributed by atoms with Crippen LogP contribution in [0.2, 0.25) is 10.0 Å². The van der Waals surface area contributed by atoms with E-state index in [1.165, 1.54) is 12.0 Å². The quantitative estimate of drug-likeness (QED) is 0.419. The molecule has 3 aliphatic rings. The number of nitrogens with one attached hydrogen (secondary N) is 1. The zero-order valence-corrected chi connectivity index (χ0v) is 22.9. The maximum atomic E-state index is 9.39. The Kier molecular flexibility index (Phi) is 6.83. The molecule has 0 spiro atoms. The molecule has 3 fully saturated rings. The highest BCUT2D eigenvalue weighted by Gasteiger charge is 2.58. The third-order valence-corrected chi connectivity index (χ3v) is 9.69. The molecule has 8 heteroatoms. The Morgan fingerprint density at radius 3 is 2.76 bits per heavy atom. The summed E-state index contributed by atoms with van der Waals surface area (Å²) in [5.74, 6) is 1.59. The van der Waals surface area contributed by atoms with Crippen LogP contribution in [0, 0.1) is 17.2 Å². The van der Waals surface area contributed by atoms with Crippen LogP contribution in [-0.2, 0) is 5.41 Å². The van der Waals surface area contributed by atoms with Gasteiger partial charge in [-0.25, -0.2) is 4.98 Å². The lowest BCUT2D eigenvalue weighted by atomic mass is 9.80. The van der Waals surface area contributed by atoms with E-state index < -0.39 is 0 Å². The fourth-order valence-electron chi connectivity index (χ4n) is 6.67. The highest BCUT2D eigenvalue weighted by molar-refractivity contribution is 6.42. The third kappa shape index (κ3) is 4.95. The van der Waals surface area contributed by atoms with Gasteiger partial charge in [-0.05, 0) is 86.9 Å². The molecule has 3 atom stereocenters. The monoisotopic (exact) mass is 536 g/mol. The Morgan fingerprint density at radius 1 is 1.16 bits per heavy atom. The van der Waals surface area contributed by atoms with Crippen LogP contribution in [-0.4, -0.2) is 72.1 Å². The summed E-state index contributed by atoms with van der Waals surface area (Å²) >= 11 is 12.6. The van der Waals surface area contributed by atoms with Gasteiger partial charge >= 0.3 is 0 Å². The van der Waals surface area contributed by atoms with Crippen molar-refractivity contribution >= 4 is 40.2 Å². The minimum absolute atomic E-state index is 0.254. The smallest absolute Gasteiger partial charge is 0.204 e. The number of imidazole rings is 1. The molecule has 3 aromatic rings. The molecule has 6 rings (SSSR count). The standard InChI is InChI=1S/C29H34Cl2N6/c1-35-10-12-36(13-11-35)8-3-9-37(28-33-26-16-24(30)25(31)17-27(26)34-28)23-6-7-29(18-22(29)15-23)21-5-2-4-20(14-21)19-32/h2,4-5,14,16-17,22-23H,3,6-13,15,18H2,1H3,(H,33,34)/t22-,23+,29+/m0/s1. The number of halogens is 2. The molecule has 1 saturated heterocycles. The van der Waals surface area contributed by atoms with Crippen LogP contribution in [0.1, 0.15) is 43.2 Å². The molecule has 0 amide bonds. The van der Waals surface area contributed by atoms with E-state index in [1.54, 1.807) is 0 Å². The van der Waals surface area contributed by atoms with Crippen LogP contribution < -0.4 is 4.90 Å². The van der Waals surface area contributed by atoms with E-state index in [0.717, 1.165) is 87.5 Å². The molecule has 2 heterocycles. The molecular formula is C29H34Cl2N6. The molecule has 2 aromatic carbocycles. The number of hydrogen-bond donors (Lipinski definition) is 1. The Bertz CT molecular complexity index is 1280. The number of nitriles is 1. The maximum Gasteiger partial charge on any atom is 0.204 e. The minimum Gasteiger partial charge on any atom is -0.339 e. The van der Waals surface area contributed by atoms with Gasteiger partial charge in [0.1, 0.15) is 0 Å². The van der Waals surface area contributed by atoms with Crippen molar-refractivity contribution < 1.29 is 0 Å². The van der Waals surface area contributed by atoms with Gasteiger partial charge in [0, 0.05) is 38.8 Å². The molecule has 0 bridgehead atoms. The van der Waals surface area contributed by atoms with Gasteiger partial charge in [-0.1, -0.05) is 35.3 Å². The van der Waals surface area contributed by atoms with Crippen molar-refractivity contribution in [3.63, 3.8) is 0 Å². The normalized spacial score (nSPS) is 26.1. The molecule has 6 nitrogen and oxygen atoms in total. The predicted molar refractivity (Wildman–Crippen MR) is 151 cm³/mol. The summed E-state index contributed by atoms with van der Waals surface area (Å²) in [7, 11) is 2.21. The Morgan fingerprint density at radius 2 is 1.97 bits per heavy atom. The number of fused-ring (bicyclic) bond motifs is 2. The van der Waals surface area contributed by atoms with Crippen molar-refractivity contribution in [1.29, 1.82) is 5.26 Å². The van der Waals surface area contributed by atoms with Crippen molar-refractivity contribution in [2.75, 3.05) is 51.2 Å². The first kappa shape index (κ1) is 25.0. The van der Waals surface area contributed by atoms with Crippen LogP contribution in [0.25, 0.3) is 11.0 Å². The second-order valence-corrected chi connectivity index (χ2v) is 12.0. The van der Waals surface area contributed by atoms with Crippen LogP contribution >= 0.6 is 23.2 Å². The fraction of sp³-hybridized carbons (Fsp3) is 0.517. The lowest BCUT2D eigenvalue weighted by molar-refractivity contribution is 0.153. The molecule has 1 aliphatic heterocycles. The van der Waals surface area contributed by atoms with E-state index in [9.17, 15) is 5.26 Å². The van der Waals surface area contributed by atoms with Crippen LogP contribution in [0.4, 0.5) is 5.95 Å². The zero-order valence-electron chi connectivity index (χ0n) is 21.4. The Hall–Kier alpha value is -2.30. The van der Waals surface area contributed by atoms with Crippen molar-refractivity contribution in [1.82, 2.24) is 19.8 Å². The van der Waals surface area contributed by atoms with Crippen molar-refractivity contribution in [3.8, 4) is 6.07 Å². The topological polar surface area (TPSA) is 62.2 Å². The minimum atomic E-state index is 0.254. The van der Waals surface area contributed by atoms with Crippen molar-refractivity contribution in [2.24, 2.45) is 5.92 Å². The average Bonchev–Trinajstić information content (AvgIpc) is 3.53. The van der Waals surface area contributed by atoms with Gasteiger partial charge in [0.2, 0.25) is 5.95 Å². The zero-order chi connectivity index (χ0) is 25.6. The molecule has 194 valence electrons. The van der Waals surface area contributed by atoms with E-state index in [1.807, 2.05) is 24.3 Å².